The third kappa shape index (κ3) is 6.91. The zero-order valence-electron chi connectivity index (χ0n) is 30.4. The van der Waals surface area contributed by atoms with Gasteiger partial charge in [-0.2, -0.15) is 0 Å². The van der Waals surface area contributed by atoms with Crippen molar-refractivity contribution in [1.82, 2.24) is 0 Å². The second-order valence-electron chi connectivity index (χ2n) is 17.7. The number of aryl methyl sites for hydroxylation is 1. The maximum atomic E-state index is 13.7. The van der Waals surface area contributed by atoms with E-state index in [2.05, 4.69) is 92.9 Å². The van der Waals surface area contributed by atoms with Crippen LogP contribution in [-0.4, -0.2) is 43.2 Å². The summed E-state index contributed by atoms with van der Waals surface area (Å²) in [5.74, 6) is 1.72. The molecule has 6 atom stereocenters. The van der Waals surface area contributed by atoms with E-state index in [1.165, 1.54) is 29.3 Å². The van der Waals surface area contributed by atoms with E-state index >= 15 is 0 Å². The van der Waals surface area contributed by atoms with Crippen LogP contribution in [0.15, 0.2) is 47.4 Å². The van der Waals surface area contributed by atoms with Gasteiger partial charge in [-0.3, -0.25) is 0 Å². The summed E-state index contributed by atoms with van der Waals surface area (Å²) < 4.78 is 44.3. The molecule has 0 amide bonds. The molecular formula is C37H57NO6SSi2. The summed E-state index contributed by atoms with van der Waals surface area (Å²) in [7, 11) is -8.11. The summed E-state index contributed by atoms with van der Waals surface area (Å²) in [5, 5.41) is 5.51. The molecular weight excluding hydrogens is 643 g/mol. The van der Waals surface area contributed by atoms with Crippen molar-refractivity contribution in [2.75, 3.05) is 0 Å². The zero-order valence-corrected chi connectivity index (χ0v) is 33.2. The lowest BCUT2D eigenvalue weighted by Gasteiger charge is -2.50. The van der Waals surface area contributed by atoms with Crippen molar-refractivity contribution in [3.63, 3.8) is 0 Å². The Hall–Kier alpha value is -1.99. The van der Waals surface area contributed by atoms with Crippen LogP contribution in [0.1, 0.15) is 102 Å². The SMILES string of the molecule is CC(C)(C)[Si](C)(C)Oc1ccc2c(c1)CCC1C2CC[C@@]2(C)C1C[C@@H](O[Si](C)(C)C(C)(C)C)[C@@H]2OC(=O)c1cccc(S(N)(=O)=O)c1. The van der Waals surface area contributed by atoms with Gasteiger partial charge in [0, 0.05) is 5.41 Å². The summed E-state index contributed by atoms with van der Waals surface area (Å²) in [6.45, 7) is 24.9. The highest BCUT2D eigenvalue weighted by Gasteiger charge is 2.61. The predicted octanol–water partition coefficient (Wildman–Crippen LogP) is 8.80. The number of benzene rings is 2. The fraction of sp³-hybridized carbons (Fsp3) is 0.649. The van der Waals surface area contributed by atoms with E-state index in [0.717, 1.165) is 37.9 Å². The van der Waals surface area contributed by atoms with Crippen molar-refractivity contribution in [2.24, 2.45) is 22.4 Å². The van der Waals surface area contributed by atoms with Gasteiger partial charge < -0.3 is 13.6 Å². The van der Waals surface area contributed by atoms with Crippen molar-refractivity contribution in [2.45, 2.75) is 140 Å². The van der Waals surface area contributed by atoms with Gasteiger partial charge in [-0.15, -0.1) is 0 Å². The summed E-state index contributed by atoms with van der Waals surface area (Å²) in [5.41, 5.74) is 2.79. The molecule has 2 N–H and O–H groups in total. The van der Waals surface area contributed by atoms with Crippen LogP contribution in [0.4, 0.5) is 0 Å². The van der Waals surface area contributed by atoms with Crippen molar-refractivity contribution >= 4 is 32.6 Å². The van der Waals surface area contributed by atoms with Gasteiger partial charge >= 0.3 is 5.97 Å². The van der Waals surface area contributed by atoms with Gasteiger partial charge in [-0.05, 0) is 128 Å². The van der Waals surface area contributed by atoms with Crippen molar-refractivity contribution < 1.29 is 26.8 Å². The van der Waals surface area contributed by atoms with Gasteiger partial charge in [0.1, 0.15) is 11.9 Å². The van der Waals surface area contributed by atoms with Crippen molar-refractivity contribution in [1.29, 1.82) is 0 Å². The Balaban J connectivity index is 1.45. The van der Waals surface area contributed by atoms with Gasteiger partial charge in [-0.25, -0.2) is 18.4 Å². The molecule has 3 unspecified atom stereocenters. The number of carbonyl (C=O) groups excluding carboxylic acids is 1. The first-order valence-electron chi connectivity index (χ1n) is 17.3. The van der Waals surface area contributed by atoms with E-state index in [4.69, 9.17) is 18.7 Å². The van der Waals surface area contributed by atoms with Crippen LogP contribution in [0.3, 0.4) is 0 Å². The van der Waals surface area contributed by atoms with E-state index in [-0.39, 0.29) is 32.1 Å². The van der Waals surface area contributed by atoms with Gasteiger partial charge in [0.2, 0.25) is 18.3 Å². The molecule has 3 aliphatic carbocycles. The topological polar surface area (TPSA) is 105 Å². The number of fused-ring (bicyclic) bond motifs is 5. The fourth-order valence-electron chi connectivity index (χ4n) is 7.87. The van der Waals surface area contributed by atoms with Crippen molar-refractivity contribution in [3.8, 4) is 5.75 Å². The van der Waals surface area contributed by atoms with Crippen LogP contribution in [0.25, 0.3) is 0 Å². The second kappa shape index (κ2) is 12.1. The fourth-order valence-corrected chi connectivity index (χ4v) is 10.8. The molecule has 0 heterocycles. The molecule has 47 heavy (non-hydrogen) atoms. The summed E-state index contributed by atoms with van der Waals surface area (Å²) >= 11 is 0. The zero-order chi connectivity index (χ0) is 35.0. The first-order chi connectivity index (χ1) is 21.4. The third-order valence-corrected chi connectivity index (χ3v) is 22.4. The Morgan fingerprint density at radius 1 is 0.936 bits per heavy atom. The van der Waals surface area contributed by atoms with Crippen LogP contribution in [-0.2, 0) is 25.6 Å². The molecule has 7 nitrogen and oxygen atoms in total. The number of hydrogen-bond acceptors (Lipinski definition) is 6. The smallest absolute Gasteiger partial charge is 0.338 e. The number of esters is 1. The molecule has 10 heteroatoms. The minimum atomic E-state index is -3.96. The Morgan fingerprint density at radius 2 is 1.60 bits per heavy atom. The lowest BCUT2D eigenvalue weighted by Crippen LogP contribution is -2.50. The molecule has 3 aliphatic rings. The quantitative estimate of drug-likeness (QED) is 0.229. The van der Waals surface area contributed by atoms with Crippen molar-refractivity contribution in [3.05, 3.63) is 59.2 Å². The van der Waals surface area contributed by atoms with Crippen LogP contribution in [0.2, 0.25) is 36.3 Å². The largest absolute Gasteiger partial charge is 0.543 e. The highest BCUT2D eigenvalue weighted by Crippen LogP contribution is 2.63. The first kappa shape index (κ1) is 36.3. The maximum Gasteiger partial charge on any atom is 0.338 e. The number of hydrogen-bond donors (Lipinski definition) is 1. The first-order valence-corrected chi connectivity index (χ1v) is 24.6. The van der Waals surface area contributed by atoms with Gasteiger partial charge in [0.25, 0.3) is 0 Å². The molecule has 2 saturated carbocycles. The number of rotatable bonds is 7. The van der Waals surface area contributed by atoms with Gasteiger partial charge in [-0.1, -0.05) is 60.6 Å². The van der Waals surface area contributed by atoms with E-state index in [9.17, 15) is 13.2 Å². The number of nitrogens with two attached hydrogens (primary N) is 1. The monoisotopic (exact) mass is 699 g/mol. The molecule has 0 spiro atoms. The molecule has 260 valence electrons. The number of primary sulfonamides is 1. The van der Waals surface area contributed by atoms with E-state index in [1.807, 2.05) is 0 Å². The molecule has 0 aromatic heterocycles. The molecule has 2 aromatic carbocycles. The molecule has 0 aliphatic heterocycles. The minimum absolute atomic E-state index is 0.00342. The van der Waals surface area contributed by atoms with Gasteiger partial charge in [0.05, 0.1) is 16.6 Å². The molecule has 0 radical (unpaired) electrons. The lowest BCUT2D eigenvalue weighted by molar-refractivity contribution is -0.0651. The summed E-state index contributed by atoms with van der Waals surface area (Å²) in [6.07, 6.45) is 4.23. The number of ether oxygens (including phenoxy) is 1. The average molecular weight is 700 g/mol. The normalized spacial score (nSPS) is 28.2. The van der Waals surface area contributed by atoms with Crippen LogP contribution in [0.5, 0.6) is 5.75 Å². The number of carbonyl (C=O) groups is 1. The molecule has 0 bridgehead atoms. The minimum Gasteiger partial charge on any atom is -0.543 e. The second-order valence-corrected chi connectivity index (χ2v) is 28.8. The lowest BCUT2D eigenvalue weighted by atomic mass is 9.55. The van der Waals surface area contributed by atoms with Crippen LogP contribution < -0.4 is 9.56 Å². The Kier molecular flexibility index (Phi) is 9.35. The summed E-state index contributed by atoms with van der Waals surface area (Å²) in [6, 6.07) is 12.7. The van der Waals surface area contributed by atoms with Crippen LogP contribution >= 0.6 is 0 Å². The third-order valence-electron chi connectivity index (χ3n) is 12.7. The van der Waals surface area contributed by atoms with E-state index in [1.54, 1.807) is 6.07 Å². The highest BCUT2D eigenvalue weighted by molar-refractivity contribution is 7.89. The average Bonchev–Trinajstić information content (AvgIpc) is 3.21. The Bertz CT molecular complexity index is 1630. The Labute approximate surface area is 285 Å². The van der Waals surface area contributed by atoms with Gasteiger partial charge in [0.15, 0.2) is 8.32 Å². The maximum absolute atomic E-state index is 13.7. The highest BCUT2D eigenvalue weighted by atomic mass is 32.2. The van der Waals surface area contributed by atoms with E-state index < -0.39 is 38.7 Å². The Morgan fingerprint density at radius 3 is 2.21 bits per heavy atom. The van der Waals surface area contributed by atoms with E-state index in [0.29, 0.717) is 17.8 Å². The van der Waals surface area contributed by atoms with Crippen LogP contribution in [0, 0.1) is 17.3 Å². The number of sulfonamides is 1. The standard InChI is InChI=1S/C37H57NO6SSi2/c1-35(2,3)46(8,9)43-26-16-18-28-24(21-26)15-17-30-29(28)19-20-37(7)31(30)23-32(44-47(10,11)36(4,5)6)33(37)42-34(39)25-13-12-14-27(22-25)45(38,40)41/h12-14,16,18,21-22,29-33H,15,17,19-20,23H2,1-11H3,(H2,38,40,41)/t29?,30?,31?,32-,33+,37+/m1/s1. The molecule has 0 saturated heterocycles. The predicted molar refractivity (Wildman–Crippen MR) is 193 cm³/mol. The molecule has 2 fully saturated rings. The molecule has 2 aromatic rings. The summed E-state index contributed by atoms with van der Waals surface area (Å²) in [4.78, 5) is 13.6. The molecule has 5 rings (SSSR count).